The van der Waals surface area contributed by atoms with Gasteiger partial charge in [-0.25, -0.2) is 22.9 Å². The summed E-state index contributed by atoms with van der Waals surface area (Å²) in [5, 5.41) is 11.2. The molecule has 0 spiro atoms. The van der Waals surface area contributed by atoms with E-state index in [1.165, 1.54) is 0 Å². The molecular formula is C23H37N3O7S. The largest absolute Gasteiger partial charge is 0.487 e. The third kappa shape index (κ3) is 7.07. The molecule has 0 radical (unpaired) electrons. The number of carbonyl (C=O) groups is 1. The number of amides is 1. The smallest absolute Gasteiger partial charge is 0.414 e. The van der Waals surface area contributed by atoms with Crippen molar-refractivity contribution in [3.8, 4) is 5.75 Å². The van der Waals surface area contributed by atoms with E-state index < -0.39 is 27.3 Å². The number of nitrogens with one attached hydrogen (secondary N) is 2. The molecule has 34 heavy (non-hydrogen) atoms. The standard InChI is InChI=1S/C23H37N3O7S/c1-14-15(2)19(16(3)17-13-23(7,8)32-18(14)17)34(29,30)26-20(24-9-11-31-12-10-27)25-21(28)33-22(4,5)6/h27H,9-13H2,1-8H3,(H2,24,25,26,28). The van der Waals surface area contributed by atoms with Crippen molar-refractivity contribution >= 4 is 22.1 Å². The highest BCUT2D eigenvalue weighted by molar-refractivity contribution is 7.90. The molecule has 192 valence electrons. The van der Waals surface area contributed by atoms with Gasteiger partial charge in [0.1, 0.15) is 17.0 Å². The summed E-state index contributed by atoms with van der Waals surface area (Å²) in [6, 6.07) is 0. The number of nitrogens with zero attached hydrogens (tertiary/aromatic N) is 1. The Balaban J connectivity index is 2.39. The first-order chi connectivity index (χ1) is 15.6. The molecule has 11 heteroatoms. The summed E-state index contributed by atoms with van der Waals surface area (Å²) in [7, 11) is -4.13. The Kier molecular flexibility index (Phi) is 8.60. The van der Waals surface area contributed by atoms with E-state index in [-0.39, 0.29) is 37.2 Å². The molecule has 1 aromatic rings. The second kappa shape index (κ2) is 10.5. The summed E-state index contributed by atoms with van der Waals surface area (Å²) < 4.78 is 45.9. The van der Waals surface area contributed by atoms with Gasteiger partial charge in [-0.3, -0.25) is 5.32 Å². The highest BCUT2D eigenvalue weighted by atomic mass is 32.2. The van der Waals surface area contributed by atoms with E-state index in [1.54, 1.807) is 34.6 Å². The van der Waals surface area contributed by atoms with Gasteiger partial charge in [-0.2, -0.15) is 0 Å². The molecular weight excluding hydrogens is 462 g/mol. The van der Waals surface area contributed by atoms with Crippen LogP contribution < -0.4 is 14.8 Å². The van der Waals surface area contributed by atoms with E-state index in [4.69, 9.17) is 19.3 Å². The molecule has 0 saturated carbocycles. The Morgan fingerprint density at radius 1 is 1.15 bits per heavy atom. The Morgan fingerprint density at radius 2 is 1.79 bits per heavy atom. The number of aliphatic hydroxyl groups is 1. The summed E-state index contributed by atoms with van der Waals surface area (Å²) in [6.07, 6.45) is -0.268. The van der Waals surface area contributed by atoms with E-state index in [0.29, 0.717) is 17.5 Å². The summed E-state index contributed by atoms with van der Waals surface area (Å²) >= 11 is 0. The van der Waals surface area contributed by atoms with Gasteiger partial charge in [0.25, 0.3) is 10.0 Å². The summed E-state index contributed by atoms with van der Waals surface area (Å²) in [5.41, 5.74) is 1.55. The van der Waals surface area contributed by atoms with Crippen molar-refractivity contribution in [2.75, 3.05) is 26.4 Å². The molecule has 1 heterocycles. The molecule has 0 unspecified atom stereocenters. The van der Waals surface area contributed by atoms with Gasteiger partial charge in [0.15, 0.2) is 0 Å². The number of benzene rings is 1. The SMILES string of the molecule is Cc1c(C)c(S(=O)(=O)NC(=NCCOCCO)NC(=O)OC(C)(C)C)c(C)c2c1OC(C)(C)C2. The van der Waals surface area contributed by atoms with Crippen molar-refractivity contribution in [3.05, 3.63) is 22.3 Å². The van der Waals surface area contributed by atoms with Gasteiger partial charge < -0.3 is 19.3 Å². The van der Waals surface area contributed by atoms with Gasteiger partial charge in [0.2, 0.25) is 5.96 Å². The van der Waals surface area contributed by atoms with Crippen LogP contribution in [0.15, 0.2) is 9.89 Å². The maximum atomic E-state index is 13.5. The molecule has 0 saturated heterocycles. The maximum absolute atomic E-state index is 13.5. The number of guanidine groups is 1. The number of sulfonamides is 1. The highest BCUT2D eigenvalue weighted by Crippen LogP contribution is 2.43. The minimum atomic E-state index is -4.13. The second-order valence-electron chi connectivity index (χ2n) is 9.85. The van der Waals surface area contributed by atoms with Crippen LogP contribution in [0.2, 0.25) is 0 Å². The number of hydrogen-bond acceptors (Lipinski definition) is 8. The quantitative estimate of drug-likeness (QED) is 0.298. The van der Waals surface area contributed by atoms with Crippen LogP contribution in [-0.4, -0.2) is 63.1 Å². The molecule has 1 amide bonds. The van der Waals surface area contributed by atoms with Gasteiger partial charge in [0, 0.05) is 12.0 Å². The minimum Gasteiger partial charge on any atom is -0.487 e. The Labute approximate surface area is 202 Å². The molecule has 10 nitrogen and oxygen atoms in total. The first-order valence-corrected chi connectivity index (χ1v) is 12.6. The Bertz CT molecular complexity index is 1060. The average molecular weight is 500 g/mol. The van der Waals surface area contributed by atoms with Gasteiger partial charge in [-0.1, -0.05) is 0 Å². The van der Waals surface area contributed by atoms with E-state index in [0.717, 1.165) is 16.9 Å². The molecule has 1 aromatic carbocycles. The van der Waals surface area contributed by atoms with E-state index >= 15 is 0 Å². The lowest BCUT2D eigenvalue weighted by atomic mass is 9.94. The maximum Gasteiger partial charge on any atom is 0.414 e. The average Bonchev–Trinajstić information content (AvgIpc) is 3.00. The molecule has 0 fully saturated rings. The first kappa shape index (κ1) is 27.9. The van der Waals surface area contributed by atoms with Crippen molar-refractivity contribution in [1.82, 2.24) is 10.0 Å². The predicted octanol–water partition coefficient (Wildman–Crippen LogP) is 2.49. The van der Waals surface area contributed by atoms with Crippen LogP contribution in [0.4, 0.5) is 4.79 Å². The van der Waals surface area contributed by atoms with Crippen LogP contribution in [0.5, 0.6) is 5.75 Å². The van der Waals surface area contributed by atoms with E-state index in [2.05, 4.69) is 15.0 Å². The van der Waals surface area contributed by atoms with Crippen LogP contribution in [0.1, 0.15) is 56.9 Å². The van der Waals surface area contributed by atoms with Crippen molar-refractivity contribution in [3.63, 3.8) is 0 Å². The van der Waals surface area contributed by atoms with Crippen molar-refractivity contribution < 1.29 is 32.5 Å². The number of hydrogen-bond donors (Lipinski definition) is 3. The number of aliphatic imine (C=N–C) groups is 1. The zero-order valence-corrected chi connectivity index (χ0v) is 22.1. The van der Waals surface area contributed by atoms with E-state index in [9.17, 15) is 13.2 Å². The van der Waals surface area contributed by atoms with Crippen LogP contribution in [0.3, 0.4) is 0 Å². The van der Waals surface area contributed by atoms with Gasteiger partial charge in [0.05, 0.1) is 31.3 Å². The van der Waals surface area contributed by atoms with Crippen LogP contribution in [0.25, 0.3) is 0 Å². The zero-order chi connectivity index (χ0) is 25.9. The first-order valence-electron chi connectivity index (χ1n) is 11.2. The topological polar surface area (TPSA) is 136 Å². The normalized spacial score (nSPS) is 15.5. The number of carbonyl (C=O) groups excluding carboxylic acids is 1. The third-order valence-corrected chi connectivity index (χ3v) is 6.76. The fourth-order valence-corrected chi connectivity index (χ4v) is 5.27. The van der Waals surface area contributed by atoms with Gasteiger partial charge in [-0.15, -0.1) is 0 Å². The molecule has 1 aliphatic rings. The van der Waals surface area contributed by atoms with Gasteiger partial charge in [-0.05, 0) is 72.1 Å². The molecule has 0 aliphatic carbocycles. The van der Waals surface area contributed by atoms with E-state index in [1.807, 2.05) is 20.8 Å². The number of ether oxygens (including phenoxy) is 3. The molecule has 0 atom stereocenters. The lowest BCUT2D eigenvalue weighted by Gasteiger charge is -2.21. The monoisotopic (exact) mass is 499 g/mol. The molecule has 0 aromatic heterocycles. The zero-order valence-electron chi connectivity index (χ0n) is 21.3. The van der Waals surface area contributed by atoms with Crippen molar-refractivity contribution in [2.24, 2.45) is 4.99 Å². The summed E-state index contributed by atoms with van der Waals surface area (Å²) in [6.45, 7) is 14.5. The molecule has 2 rings (SSSR count). The Morgan fingerprint density at radius 3 is 2.38 bits per heavy atom. The lowest BCUT2D eigenvalue weighted by molar-refractivity contribution is 0.0561. The third-order valence-electron chi connectivity index (χ3n) is 5.15. The molecule has 1 aliphatic heterocycles. The summed E-state index contributed by atoms with van der Waals surface area (Å²) in [5.74, 6) is 0.441. The second-order valence-corrected chi connectivity index (χ2v) is 11.5. The van der Waals surface area contributed by atoms with Crippen molar-refractivity contribution in [1.29, 1.82) is 0 Å². The number of alkyl carbamates (subject to hydrolysis) is 1. The fraction of sp³-hybridized carbons (Fsp3) is 0.652. The van der Waals surface area contributed by atoms with Crippen LogP contribution in [0, 0.1) is 20.8 Å². The summed E-state index contributed by atoms with van der Waals surface area (Å²) in [4.78, 5) is 16.6. The highest BCUT2D eigenvalue weighted by Gasteiger charge is 2.37. The Hall–Kier alpha value is -2.37. The van der Waals surface area contributed by atoms with Gasteiger partial charge >= 0.3 is 6.09 Å². The fourth-order valence-electron chi connectivity index (χ4n) is 3.71. The minimum absolute atomic E-state index is 0.0524. The predicted molar refractivity (Wildman–Crippen MR) is 129 cm³/mol. The molecule has 0 bridgehead atoms. The van der Waals surface area contributed by atoms with Crippen LogP contribution >= 0.6 is 0 Å². The number of aliphatic hydroxyl groups excluding tert-OH is 1. The number of rotatable bonds is 7. The number of fused-ring (bicyclic) bond motifs is 1. The molecule has 3 N–H and O–H groups in total. The lowest BCUT2D eigenvalue weighted by Crippen LogP contribution is -2.46. The van der Waals surface area contributed by atoms with Crippen LogP contribution in [-0.2, 0) is 25.9 Å². The van der Waals surface area contributed by atoms with Crippen molar-refractivity contribution in [2.45, 2.75) is 77.9 Å².